The first kappa shape index (κ1) is 14.5. The molecule has 1 fully saturated rings. The van der Waals surface area contributed by atoms with Crippen LogP contribution in [-0.2, 0) is 16.0 Å². The van der Waals surface area contributed by atoms with Crippen molar-refractivity contribution in [1.29, 1.82) is 0 Å². The number of hydrogen-bond acceptors (Lipinski definition) is 6. The van der Waals surface area contributed by atoms with Crippen molar-refractivity contribution in [3.63, 3.8) is 0 Å². The first-order valence-electron chi connectivity index (χ1n) is 6.35. The summed E-state index contributed by atoms with van der Waals surface area (Å²) in [6.45, 7) is 2.19. The Balaban J connectivity index is 1.88. The Hall–Kier alpha value is -1.41. The van der Waals surface area contributed by atoms with Crippen LogP contribution in [0, 0.1) is 0 Å². The summed E-state index contributed by atoms with van der Waals surface area (Å²) in [7, 11) is 0. The molecule has 2 heterocycles. The van der Waals surface area contributed by atoms with Crippen LogP contribution in [0.4, 0.5) is 5.69 Å². The number of rotatable bonds is 3. The second-order valence-corrected chi connectivity index (χ2v) is 5.40. The Bertz CT molecular complexity index is 619. The minimum atomic E-state index is -0.0823. The Kier molecular flexibility index (Phi) is 4.25. The number of ether oxygens (including phenoxy) is 2. The van der Waals surface area contributed by atoms with Gasteiger partial charge in [0, 0.05) is 5.56 Å². The second kappa shape index (κ2) is 6.15. The van der Waals surface area contributed by atoms with Crippen LogP contribution in [0.25, 0.3) is 11.4 Å². The van der Waals surface area contributed by atoms with E-state index in [1.54, 1.807) is 16.8 Å². The number of tetrazole rings is 1. The molecule has 0 bridgehead atoms. The maximum absolute atomic E-state index is 6.05. The maximum Gasteiger partial charge on any atom is 0.182 e. The highest BCUT2D eigenvalue weighted by molar-refractivity contribution is 6.43. The second-order valence-electron chi connectivity index (χ2n) is 4.61. The minimum Gasteiger partial charge on any atom is -0.397 e. The first-order chi connectivity index (χ1) is 10.1. The number of nitrogens with two attached hydrogens (primary N) is 1. The van der Waals surface area contributed by atoms with Crippen LogP contribution in [0.15, 0.2) is 12.1 Å². The van der Waals surface area contributed by atoms with E-state index in [-0.39, 0.29) is 6.10 Å². The van der Waals surface area contributed by atoms with E-state index in [1.165, 1.54) is 0 Å². The zero-order valence-corrected chi connectivity index (χ0v) is 12.5. The molecule has 2 N–H and O–H groups in total. The molecule has 1 saturated heterocycles. The molecule has 0 radical (unpaired) electrons. The monoisotopic (exact) mass is 329 g/mol. The molecule has 1 unspecified atom stereocenters. The summed E-state index contributed by atoms with van der Waals surface area (Å²) in [4.78, 5) is 0. The topological polar surface area (TPSA) is 88.1 Å². The standard InChI is InChI=1S/C12H13Cl2N5O2/c13-9-3-7(4-10(15)11(9)14)12-16-17-18-19(12)5-8-6-20-1-2-21-8/h3-4,8H,1-2,5-6,15H2. The van der Waals surface area contributed by atoms with Crippen molar-refractivity contribution < 1.29 is 9.47 Å². The predicted octanol–water partition coefficient (Wildman–Crippen LogP) is 1.64. The molecule has 0 saturated carbocycles. The molecule has 0 spiro atoms. The van der Waals surface area contributed by atoms with E-state index >= 15 is 0 Å². The number of aromatic nitrogens is 4. The van der Waals surface area contributed by atoms with Crippen molar-refractivity contribution in [3.8, 4) is 11.4 Å². The van der Waals surface area contributed by atoms with Crippen LogP contribution in [0.1, 0.15) is 0 Å². The number of anilines is 1. The molecule has 1 aromatic carbocycles. The van der Waals surface area contributed by atoms with E-state index in [4.69, 9.17) is 38.4 Å². The van der Waals surface area contributed by atoms with Gasteiger partial charge in [0.25, 0.3) is 0 Å². The fourth-order valence-electron chi connectivity index (χ4n) is 2.11. The maximum atomic E-state index is 6.05. The van der Waals surface area contributed by atoms with Gasteiger partial charge in [-0.1, -0.05) is 23.2 Å². The number of nitrogen functional groups attached to an aromatic ring is 1. The molecule has 1 aliphatic heterocycles. The molecular weight excluding hydrogens is 317 g/mol. The fourth-order valence-corrected chi connectivity index (χ4v) is 2.44. The van der Waals surface area contributed by atoms with Gasteiger partial charge < -0.3 is 15.2 Å². The molecule has 21 heavy (non-hydrogen) atoms. The average Bonchev–Trinajstić information content (AvgIpc) is 2.93. The van der Waals surface area contributed by atoms with Gasteiger partial charge in [-0.25, -0.2) is 4.68 Å². The zero-order chi connectivity index (χ0) is 14.8. The van der Waals surface area contributed by atoms with E-state index in [9.17, 15) is 0 Å². The van der Waals surface area contributed by atoms with E-state index in [2.05, 4.69) is 15.5 Å². The minimum absolute atomic E-state index is 0.0823. The summed E-state index contributed by atoms with van der Waals surface area (Å²) in [6, 6.07) is 3.37. The summed E-state index contributed by atoms with van der Waals surface area (Å²) in [5.41, 5.74) is 6.90. The lowest BCUT2D eigenvalue weighted by molar-refractivity contribution is -0.0946. The van der Waals surface area contributed by atoms with Crippen LogP contribution in [0.3, 0.4) is 0 Å². The summed E-state index contributed by atoms with van der Waals surface area (Å²) in [6.07, 6.45) is -0.0823. The molecule has 9 heteroatoms. The van der Waals surface area contributed by atoms with Crippen molar-refractivity contribution in [2.45, 2.75) is 12.6 Å². The summed E-state index contributed by atoms with van der Waals surface area (Å²) >= 11 is 12.0. The Labute approximate surface area is 130 Å². The normalized spacial score (nSPS) is 18.9. The highest BCUT2D eigenvalue weighted by Crippen LogP contribution is 2.32. The third kappa shape index (κ3) is 3.11. The van der Waals surface area contributed by atoms with E-state index in [0.717, 1.165) is 0 Å². The van der Waals surface area contributed by atoms with Gasteiger partial charge in [-0.05, 0) is 22.6 Å². The van der Waals surface area contributed by atoms with E-state index in [0.29, 0.717) is 53.5 Å². The number of hydrogen-bond donors (Lipinski definition) is 1. The van der Waals surface area contributed by atoms with Crippen molar-refractivity contribution in [1.82, 2.24) is 20.2 Å². The van der Waals surface area contributed by atoms with Crippen LogP contribution < -0.4 is 5.73 Å². The highest BCUT2D eigenvalue weighted by Gasteiger charge is 2.19. The Morgan fingerprint density at radius 1 is 1.33 bits per heavy atom. The van der Waals surface area contributed by atoms with Gasteiger partial charge in [0.15, 0.2) is 5.82 Å². The van der Waals surface area contributed by atoms with E-state index in [1.807, 2.05) is 0 Å². The molecule has 0 aliphatic carbocycles. The third-order valence-electron chi connectivity index (χ3n) is 3.11. The van der Waals surface area contributed by atoms with Gasteiger partial charge in [0.2, 0.25) is 0 Å². The quantitative estimate of drug-likeness (QED) is 0.861. The van der Waals surface area contributed by atoms with Gasteiger partial charge in [-0.3, -0.25) is 0 Å². The van der Waals surface area contributed by atoms with Crippen LogP contribution in [0.5, 0.6) is 0 Å². The molecule has 0 amide bonds. The van der Waals surface area contributed by atoms with Crippen LogP contribution >= 0.6 is 23.2 Å². The highest BCUT2D eigenvalue weighted by atomic mass is 35.5. The Morgan fingerprint density at radius 3 is 2.90 bits per heavy atom. The molecule has 112 valence electrons. The smallest absolute Gasteiger partial charge is 0.182 e. The number of benzene rings is 1. The predicted molar refractivity (Wildman–Crippen MR) is 78.2 cm³/mol. The molecule has 7 nitrogen and oxygen atoms in total. The van der Waals surface area contributed by atoms with Gasteiger partial charge in [-0.2, -0.15) is 0 Å². The van der Waals surface area contributed by atoms with Crippen molar-refractivity contribution in [2.24, 2.45) is 0 Å². The van der Waals surface area contributed by atoms with Crippen molar-refractivity contribution >= 4 is 28.9 Å². The molecule has 3 rings (SSSR count). The molecule has 1 aliphatic rings. The summed E-state index contributed by atoms with van der Waals surface area (Å²) in [5, 5.41) is 12.4. The van der Waals surface area contributed by atoms with Crippen LogP contribution in [-0.4, -0.2) is 46.1 Å². The van der Waals surface area contributed by atoms with Crippen molar-refractivity contribution in [2.75, 3.05) is 25.6 Å². The van der Waals surface area contributed by atoms with Gasteiger partial charge in [0.05, 0.1) is 42.1 Å². The molecular formula is C12H13Cl2N5O2. The Morgan fingerprint density at radius 2 is 2.19 bits per heavy atom. The van der Waals surface area contributed by atoms with Gasteiger partial charge in [0.1, 0.15) is 6.10 Å². The zero-order valence-electron chi connectivity index (χ0n) is 11.0. The van der Waals surface area contributed by atoms with Crippen LogP contribution in [0.2, 0.25) is 10.0 Å². The fraction of sp³-hybridized carbons (Fsp3) is 0.417. The lowest BCUT2D eigenvalue weighted by Crippen LogP contribution is -2.32. The number of halogens is 2. The largest absolute Gasteiger partial charge is 0.397 e. The van der Waals surface area contributed by atoms with Crippen molar-refractivity contribution in [3.05, 3.63) is 22.2 Å². The first-order valence-corrected chi connectivity index (χ1v) is 7.11. The lowest BCUT2D eigenvalue weighted by atomic mass is 10.2. The summed E-state index contributed by atoms with van der Waals surface area (Å²) in [5.74, 6) is 0.550. The van der Waals surface area contributed by atoms with Gasteiger partial charge in [-0.15, -0.1) is 5.10 Å². The third-order valence-corrected chi connectivity index (χ3v) is 3.92. The SMILES string of the molecule is Nc1cc(-c2nnnn2CC2COCCO2)cc(Cl)c1Cl. The molecule has 2 aromatic rings. The summed E-state index contributed by atoms with van der Waals surface area (Å²) < 4.78 is 12.6. The molecule has 1 atom stereocenters. The van der Waals surface area contributed by atoms with E-state index < -0.39 is 0 Å². The average molecular weight is 330 g/mol. The number of nitrogens with zero attached hydrogens (tertiary/aromatic N) is 4. The molecule has 1 aromatic heterocycles. The van der Waals surface area contributed by atoms with Gasteiger partial charge >= 0.3 is 0 Å². The lowest BCUT2D eigenvalue weighted by Gasteiger charge is -2.22.